The summed E-state index contributed by atoms with van der Waals surface area (Å²) >= 11 is 0.663. The van der Waals surface area contributed by atoms with Crippen LogP contribution in [-0.4, -0.2) is 39.7 Å². The van der Waals surface area contributed by atoms with Gasteiger partial charge in [0.25, 0.3) is 17.5 Å². The van der Waals surface area contributed by atoms with Gasteiger partial charge >= 0.3 is 5.24 Å². The molecule has 0 aromatic heterocycles. The number of thioether (sulfide) groups is 1. The fourth-order valence-corrected chi connectivity index (χ4v) is 2.59. The van der Waals surface area contributed by atoms with Gasteiger partial charge in [-0.25, -0.2) is 0 Å². The van der Waals surface area contributed by atoms with Gasteiger partial charge < -0.3 is 4.74 Å². The minimum absolute atomic E-state index is 0.0809. The predicted molar refractivity (Wildman–Crippen MR) is 90.1 cm³/mol. The van der Waals surface area contributed by atoms with Crippen LogP contribution in [0.25, 0.3) is 6.08 Å². The lowest BCUT2D eigenvalue weighted by molar-refractivity contribution is -0.384. The zero-order chi connectivity index (χ0) is 18.6. The summed E-state index contributed by atoms with van der Waals surface area (Å²) in [6.45, 7) is 3.22. The average Bonchev–Trinajstić information content (AvgIpc) is 2.81. The van der Waals surface area contributed by atoms with Crippen molar-refractivity contribution in [3.63, 3.8) is 0 Å². The Bertz CT molecular complexity index is 744. The molecule has 0 unspecified atom stereocenters. The maximum Gasteiger partial charge on any atom is 0.312 e. The third-order valence-corrected chi connectivity index (χ3v) is 3.85. The summed E-state index contributed by atoms with van der Waals surface area (Å²) in [4.78, 5) is 46.0. The first kappa shape index (κ1) is 18.6. The van der Waals surface area contributed by atoms with Crippen LogP contribution >= 0.6 is 11.8 Å². The summed E-state index contributed by atoms with van der Waals surface area (Å²) in [5.74, 6) is -1.29. The number of nitrogens with one attached hydrogen (secondary N) is 1. The molecule has 1 fully saturated rings. The Labute approximate surface area is 147 Å². The summed E-state index contributed by atoms with van der Waals surface area (Å²) in [6.07, 6.45) is 1.26. The normalized spacial score (nSPS) is 16.0. The van der Waals surface area contributed by atoms with Crippen molar-refractivity contribution in [2.45, 2.75) is 20.0 Å². The van der Waals surface area contributed by atoms with E-state index in [-0.39, 0.29) is 23.3 Å². The molecular weight excluding hydrogens is 350 g/mol. The zero-order valence-corrected chi connectivity index (χ0v) is 14.2. The molecule has 0 radical (unpaired) electrons. The molecule has 0 spiro atoms. The van der Waals surface area contributed by atoms with E-state index < -0.39 is 22.0 Å². The van der Waals surface area contributed by atoms with Gasteiger partial charge in [0.05, 0.1) is 15.9 Å². The van der Waals surface area contributed by atoms with Crippen LogP contribution in [0.3, 0.4) is 0 Å². The van der Waals surface area contributed by atoms with Gasteiger partial charge in [0, 0.05) is 12.1 Å². The van der Waals surface area contributed by atoms with Crippen molar-refractivity contribution < 1.29 is 24.0 Å². The fraction of sp³-hybridized carbons (Fsp3) is 0.267. The number of benzene rings is 1. The Kier molecular flexibility index (Phi) is 5.88. The number of hydrogen-bond donors (Lipinski definition) is 1. The van der Waals surface area contributed by atoms with Crippen molar-refractivity contribution in [3.8, 4) is 0 Å². The van der Waals surface area contributed by atoms with Crippen LogP contribution in [0, 0.1) is 10.1 Å². The highest BCUT2D eigenvalue weighted by atomic mass is 32.2. The topological polar surface area (TPSA) is 119 Å². The standard InChI is InChI=1S/C15H15N3O6S/c1-9(2)24-8-13(19)16-17-14(20)12(25-15(17)21)7-10-3-5-11(6-4-10)18(22)23/h3-7,9H,8H2,1-2H3,(H,16,19)/b12-7+. The minimum atomic E-state index is -0.675. The van der Waals surface area contributed by atoms with Crippen LogP contribution in [0.15, 0.2) is 29.2 Å². The largest absolute Gasteiger partial charge is 0.369 e. The summed E-state index contributed by atoms with van der Waals surface area (Å²) < 4.78 is 5.10. The lowest BCUT2D eigenvalue weighted by atomic mass is 10.2. The molecule has 1 aliphatic rings. The van der Waals surface area contributed by atoms with E-state index in [0.29, 0.717) is 22.3 Å². The van der Waals surface area contributed by atoms with E-state index in [4.69, 9.17) is 4.74 Å². The highest BCUT2D eigenvalue weighted by molar-refractivity contribution is 8.18. The highest BCUT2D eigenvalue weighted by Gasteiger charge is 2.36. The van der Waals surface area contributed by atoms with Crippen molar-refractivity contribution in [2.75, 3.05) is 6.61 Å². The van der Waals surface area contributed by atoms with Crippen molar-refractivity contribution in [1.29, 1.82) is 0 Å². The summed E-state index contributed by atoms with van der Waals surface area (Å²) in [5.41, 5.74) is 2.63. The van der Waals surface area contributed by atoms with Gasteiger partial charge in [0.1, 0.15) is 6.61 Å². The molecule has 0 bridgehead atoms. The lowest BCUT2D eigenvalue weighted by Gasteiger charge is -2.14. The number of rotatable bonds is 6. The number of carbonyl (C=O) groups excluding carboxylic acids is 3. The van der Waals surface area contributed by atoms with E-state index in [9.17, 15) is 24.5 Å². The van der Waals surface area contributed by atoms with Gasteiger partial charge in [-0.2, -0.15) is 5.01 Å². The van der Waals surface area contributed by atoms with Crippen molar-refractivity contribution in [1.82, 2.24) is 10.4 Å². The molecule has 9 nitrogen and oxygen atoms in total. The second kappa shape index (κ2) is 7.90. The molecule has 1 N–H and O–H groups in total. The predicted octanol–water partition coefficient (Wildman–Crippen LogP) is 2.09. The van der Waals surface area contributed by atoms with Gasteiger partial charge in [-0.15, -0.1) is 0 Å². The molecule has 0 aliphatic carbocycles. The highest BCUT2D eigenvalue weighted by Crippen LogP contribution is 2.31. The minimum Gasteiger partial charge on any atom is -0.369 e. The molecular formula is C15H15N3O6S. The third kappa shape index (κ3) is 4.88. The molecule has 0 saturated carbocycles. The van der Waals surface area contributed by atoms with Gasteiger partial charge in [0.15, 0.2) is 0 Å². The second-order valence-electron chi connectivity index (χ2n) is 5.26. The monoisotopic (exact) mass is 365 g/mol. The van der Waals surface area contributed by atoms with Crippen molar-refractivity contribution in [2.24, 2.45) is 0 Å². The number of nitro benzene ring substituents is 1. The molecule has 25 heavy (non-hydrogen) atoms. The van der Waals surface area contributed by atoms with Crippen molar-refractivity contribution in [3.05, 3.63) is 44.8 Å². The Hall–Kier alpha value is -2.72. The Morgan fingerprint density at radius 1 is 1.36 bits per heavy atom. The number of hydrazine groups is 1. The average molecular weight is 365 g/mol. The molecule has 1 heterocycles. The first-order valence-electron chi connectivity index (χ1n) is 7.21. The second-order valence-corrected chi connectivity index (χ2v) is 6.25. The van der Waals surface area contributed by atoms with Gasteiger partial charge in [-0.05, 0) is 49.4 Å². The van der Waals surface area contributed by atoms with E-state index in [1.54, 1.807) is 13.8 Å². The SMILES string of the molecule is CC(C)OCC(=O)NN1C(=O)S/C(=C/c2ccc([N+](=O)[O-])cc2)C1=O. The number of carbonyl (C=O) groups is 3. The molecule has 1 aliphatic heterocycles. The molecule has 132 valence electrons. The van der Waals surface area contributed by atoms with Gasteiger partial charge in [-0.1, -0.05) is 0 Å². The fourth-order valence-electron chi connectivity index (χ4n) is 1.81. The van der Waals surface area contributed by atoms with Crippen LogP contribution in [0.5, 0.6) is 0 Å². The van der Waals surface area contributed by atoms with Gasteiger partial charge in [0.2, 0.25) is 0 Å². The van der Waals surface area contributed by atoms with Crippen LogP contribution in [0.4, 0.5) is 10.5 Å². The number of ether oxygens (including phenoxy) is 1. The van der Waals surface area contributed by atoms with E-state index in [0.717, 1.165) is 0 Å². The Morgan fingerprint density at radius 2 is 2.00 bits per heavy atom. The van der Waals surface area contributed by atoms with E-state index >= 15 is 0 Å². The third-order valence-electron chi connectivity index (χ3n) is 2.98. The molecule has 1 aromatic rings. The first-order chi connectivity index (χ1) is 11.8. The number of nitro groups is 1. The number of imide groups is 1. The maximum atomic E-state index is 12.2. The summed E-state index contributed by atoms with van der Waals surface area (Å²) in [6, 6.07) is 5.50. The Balaban J connectivity index is 2.06. The number of hydrogen-bond acceptors (Lipinski definition) is 7. The molecule has 0 atom stereocenters. The number of non-ortho nitro benzene ring substituents is 1. The van der Waals surface area contributed by atoms with Crippen LogP contribution in [0.1, 0.15) is 19.4 Å². The molecule has 1 saturated heterocycles. The molecule has 1 aromatic carbocycles. The first-order valence-corrected chi connectivity index (χ1v) is 8.03. The quantitative estimate of drug-likeness (QED) is 0.466. The summed E-state index contributed by atoms with van der Waals surface area (Å²) in [5, 5.41) is 10.6. The molecule has 2 rings (SSSR count). The van der Waals surface area contributed by atoms with Crippen LogP contribution in [0.2, 0.25) is 0 Å². The smallest absolute Gasteiger partial charge is 0.312 e. The number of nitrogens with zero attached hydrogens (tertiary/aromatic N) is 2. The molecule has 10 heteroatoms. The van der Waals surface area contributed by atoms with Crippen molar-refractivity contribution >= 4 is 40.6 Å². The zero-order valence-electron chi connectivity index (χ0n) is 13.4. The number of amides is 3. The molecule has 3 amide bonds. The maximum absolute atomic E-state index is 12.2. The van der Waals surface area contributed by atoms with E-state index in [2.05, 4.69) is 5.43 Å². The van der Waals surface area contributed by atoms with E-state index in [1.165, 1.54) is 30.3 Å². The Morgan fingerprint density at radius 3 is 2.56 bits per heavy atom. The summed E-state index contributed by atoms with van der Waals surface area (Å²) in [7, 11) is 0. The van der Waals surface area contributed by atoms with Crippen LogP contribution in [-0.2, 0) is 14.3 Å². The lowest BCUT2D eigenvalue weighted by Crippen LogP contribution is -2.46. The van der Waals surface area contributed by atoms with Gasteiger partial charge in [-0.3, -0.25) is 29.9 Å². The van der Waals surface area contributed by atoms with Crippen LogP contribution < -0.4 is 5.43 Å². The van der Waals surface area contributed by atoms with E-state index in [1.807, 2.05) is 0 Å².